The number of hydrogen-bond donors (Lipinski definition) is 4. The number of carbonyl (C=O) groups excluding carboxylic acids is 3. The SMILES string of the molecule is [13CH3][15N]1CC[15N]([13CH2][13CH]2[13CH2][13CH2][13CH2][15N]2[13CH2]C(=O)NC[13CH2][13C](=O)NCCC(=O)NCCCC(=O)O)[13CH2][13CH2]1. The van der Waals surface area contributed by atoms with Gasteiger partial charge >= 0.3 is 5.97 Å². The highest BCUT2D eigenvalue weighted by molar-refractivity contribution is 5.81. The molecule has 0 aromatic rings. The van der Waals surface area contributed by atoms with E-state index in [1.54, 1.807) is 0 Å². The van der Waals surface area contributed by atoms with Gasteiger partial charge in [-0.05, 0) is 32.9 Å². The molecule has 2 saturated heterocycles. The number of aliphatic carboxylic acids is 1. The molecular weight excluding hydrogens is 442 g/mol. The fourth-order valence-electron chi connectivity index (χ4n) is 4.15. The number of piperazine rings is 1. The van der Waals surface area contributed by atoms with Crippen LogP contribution in [0.2, 0.25) is 0 Å². The lowest BCUT2D eigenvalue weighted by Gasteiger charge is -2.36. The molecule has 0 aromatic heterocycles. The Labute approximate surface area is 196 Å². The van der Waals surface area contributed by atoms with Gasteiger partial charge in [-0.2, -0.15) is 0 Å². The van der Waals surface area contributed by atoms with Crippen LogP contribution in [0.5, 0.6) is 0 Å². The van der Waals surface area contributed by atoms with Crippen molar-refractivity contribution in [2.24, 2.45) is 0 Å². The summed E-state index contributed by atoms with van der Waals surface area (Å²) in [7, 11) is 2.15. The van der Waals surface area contributed by atoms with Gasteiger partial charge in [0.05, 0.1) is 6.54 Å². The van der Waals surface area contributed by atoms with E-state index < -0.39 is 5.97 Å². The first-order valence-electron chi connectivity index (χ1n) is 12.0. The quantitative estimate of drug-likeness (QED) is 0.136. The minimum Gasteiger partial charge on any atom is -0.481 e. The summed E-state index contributed by atoms with van der Waals surface area (Å²) in [6.45, 7) is 7.42. The molecule has 0 bridgehead atoms. The molecule has 2 fully saturated rings. The molecule has 2 aliphatic rings. The van der Waals surface area contributed by atoms with Crippen molar-refractivity contribution in [3.05, 3.63) is 0 Å². The number of rotatable bonds is 14. The zero-order valence-corrected chi connectivity index (χ0v) is 19.8. The van der Waals surface area contributed by atoms with Crippen molar-refractivity contribution in [2.75, 3.05) is 72.5 Å². The van der Waals surface area contributed by atoms with Crippen molar-refractivity contribution in [1.29, 1.82) is 0 Å². The minimum atomic E-state index is -0.894. The van der Waals surface area contributed by atoms with Gasteiger partial charge in [-0.1, -0.05) is 0 Å². The molecule has 188 valence electrons. The maximum absolute atomic E-state index is 12.3. The zero-order valence-electron chi connectivity index (χ0n) is 19.8. The second-order valence-corrected chi connectivity index (χ2v) is 8.92. The molecule has 4 N–H and O–H groups in total. The van der Waals surface area contributed by atoms with Crippen molar-refractivity contribution in [2.45, 2.75) is 44.6 Å². The molecule has 2 aliphatic heterocycles. The molecule has 2 rings (SSSR count). The van der Waals surface area contributed by atoms with Crippen molar-refractivity contribution in [3.8, 4) is 0 Å². The first-order valence-corrected chi connectivity index (χ1v) is 12.0. The number of amides is 3. The lowest BCUT2D eigenvalue weighted by Crippen LogP contribution is -2.50. The number of nitrogens with zero attached hydrogens (tertiary/aromatic N) is 3. The van der Waals surface area contributed by atoms with Crippen molar-refractivity contribution < 1.29 is 24.3 Å². The van der Waals surface area contributed by atoms with Crippen LogP contribution in [-0.4, -0.2) is 122 Å². The predicted molar refractivity (Wildman–Crippen MR) is 124 cm³/mol. The van der Waals surface area contributed by atoms with Gasteiger partial charge in [-0.3, -0.25) is 29.0 Å². The number of carbonyl (C=O) groups is 4. The molecule has 2 heterocycles. The van der Waals surface area contributed by atoms with Gasteiger partial charge in [0.25, 0.3) is 0 Å². The van der Waals surface area contributed by atoms with E-state index in [4.69, 9.17) is 5.11 Å². The highest BCUT2D eigenvalue weighted by Gasteiger charge is 2.28. The van der Waals surface area contributed by atoms with Gasteiger partial charge in [0.2, 0.25) is 17.7 Å². The monoisotopic (exact) mass is 482 g/mol. The Bertz CT molecular complexity index is 653. The average Bonchev–Trinajstić information content (AvgIpc) is 3.19. The van der Waals surface area contributed by atoms with E-state index >= 15 is 0 Å². The Morgan fingerprint density at radius 1 is 0.818 bits per heavy atom. The van der Waals surface area contributed by atoms with E-state index in [-0.39, 0.29) is 50.1 Å². The van der Waals surface area contributed by atoms with Crippen LogP contribution in [0.25, 0.3) is 0 Å². The van der Waals surface area contributed by atoms with Crippen LogP contribution < -0.4 is 16.0 Å². The average molecular weight is 482 g/mol. The van der Waals surface area contributed by atoms with Crippen LogP contribution in [0.4, 0.5) is 0 Å². The zero-order chi connectivity index (χ0) is 24.1. The summed E-state index contributed by atoms with van der Waals surface area (Å²) >= 11 is 0. The number of likely N-dealkylation sites (N-methyl/N-ethyl adjacent to an activating group) is 1. The second-order valence-electron chi connectivity index (χ2n) is 8.92. The summed E-state index contributed by atoms with van der Waals surface area (Å²) in [6.07, 6.45) is 2.92. The van der Waals surface area contributed by atoms with E-state index in [0.717, 1.165) is 52.1 Å². The van der Waals surface area contributed by atoms with Crippen LogP contribution in [0.3, 0.4) is 0 Å². The summed E-state index contributed by atoms with van der Waals surface area (Å²) in [4.78, 5) is 53.4. The van der Waals surface area contributed by atoms with Crippen LogP contribution in [-0.2, 0) is 19.2 Å². The Morgan fingerprint density at radius 2 is 1.42 bits per heavy atom. The summed E-state index contributed by atoms with van der Waals surface area (Å²) in [6, 6.07) is 0.415. The lowest BCUT2D eigenvalue weighted by atomic mass is 10.3. The molecule has 1 atom stereocenters. The molecular formula is C22H40N6O5. The molecule has 0 radical (unpaired) electrons. The van der Waals surface area contributed by atoms with Crippen LogP contribution in [0.15, 0.2) is 0 Å². The summed E-state index contributed by atoms with van der Waals surface area (Å²) in [5.74, 6) is -1.41. The molecule has 0 aliphatic carbocycles. The maximum Gasteiger partial charge on any atom is 0.303 e. The molecule has 0 saturated carbocycles. The van der Waals surface area contributed by atoms with E-state index in [1.807, 2.05) is 0 Å². The molecule has 33 heavy (non-hydrogen) atoms. The Morgan fingerprint density at radius 3 is 2.06 bits per heavy atom. The maximum atomic E-state index is 12.3. The second kappa shape index (κ2) is 14.8. The fourth-order valence-corrected chi connectivity index (χ4v) is 4.15. The standard InChI is InChI=1S/C22H40N6O5/c1-26-12-14-27(15-13-26)16-18-4-3-11-28(18)17-21(31)25-10-7-20(30)24-9-6-19(29)23-8-2-5-22(32)33/h18H,2-17H2,1H3,(H,23,29)(H,24,30)(H,25,31)(H,32,33)/i1+1,3+1,4+1,7+1,11+1,12+1,14+1,16+1,17+1,18+1,20+1,26+1,27+1,28+1. The molecule has 0 aromatic carbocycles. The van der Waals surface area contributed by atoms with Crippen molar-refractivity contribution in [1.82, 2.24) is 30.7 Å². The Kier molecular flexibility index (Phi) is 12.1. The first-order chi connectivity index (χ1) is 15.8. The molecule has 3 amide bonds. The third-order valence-electron chi connectivity index (χ3n) is 6.15. The molecule has 11 heteroatoms. The van der Waals surface area contributed by atoms with Gasteiger partial charge in [0, 0.05) is 77.7 Å². The first kappa shape index (κ1) is 27.0. The third-order valence-corrected chi connectivity index (χ3v) is 6.15. The van der Waals surface area contributed by atoms with Gasteiger partial charge in [-0.15, -0.1) is 0 Å². The van der Waals surface area contributed by atoms with E-state index in [1.165, 1.54) is 0 Å². The van der Waals surface area contributed by atoms with E-state index in [0.29, 0.717) is 25.6 Å². The molecule has 11 nitrogen and oxygen atoms in total. The summed E-state index contributed by atoms with van der Waals surface area (Å²) in [5, 5.41) is 16.6. The Hall–Kier alpha value is -2.24. The normalized spacial score (nSPS) is 19.8. The molecule has 1 unspecified atom stereocenters. The van der Waals surface area contributed by atoms with Crippen LogP contribution in [0.1, 0.15) is 38.5 Å². The van der Waals surface area contributed by atoms with Crippen LogP contribution >= 0.6 is 0 Å². The largest absolute Gasteiger partial charge is 0.481 e. The van der Waals surface area contributed by atoms with Gasteiger partial charge in [0.15, 0.2) is 0 Å². The van der Waals surface area contributed by atoms with E-state index in [9.17, 15) is 19.2 Å². The molecule has 0 spiro atoms. The highest BCUT2D eigenvalue weighted by Crippen LogP contribution is 2.18. The summed E-state index contributed by atoms with van der Waals surface area (Å²) in [5.41, 5.74) is 0. The van der Waals surface area contributed by atoms with E-state index in [2.05, 4.69) is 37.7 Å². The fraction of sp³-hybridized carbons (Fsp3) is 0.818. The number of likely N-dealkylation sites (tertiary alicyclic amines) is 1. The smallest absolute Gasteiger partial charge is 0.303 e. The topological polar surface area (TPSA) is 134 Å². The van der Waals surface area contributed by atoms with Gasteiger partial charge in [0.1, 0.15) is 0 Å². The van der Waals surface area contributed by atoms with Gasteiger partial charge < -0.3 is 26.0 Å². The number of hydrogen-bond acceptors (Lipinski definition) is 7. The predicted octanol–water partition coefficient (Wildman–Crippen LogP) is -1.31. The Balaban J connectivity index is 1.52. The minimum absolute atomic E-state index is 0.0113. The highest BCUT2D eigenvalue weighted by atomic mass is 16.4. The third kappa shape index (κ3) is 11.4. The number of nitrogens with one attached hydrogen (secondary N) is 3. The van der Waals surface area contributed by atoms with Gasteiger partial charge in [-0.25, -0.2) is 0 Å². The number of carboxylic acids is 1. The number of carboxylic acid groups (broad SMARTS) is 1. The van der Waals surface area contributed by atoms with Crippen LogP contribution in [0, 0.1) is 0 Å². The summed E-state index contributed by atoms with van der Waals surface area (Å²) < 4.78 is 0. The van der Waals surface area contributed by atoms with Crippen molar-refractivity contribution in [3.63, 3.8) is 0 Å². The van der Waals surface area contributed by atoms with Crippen molar-refractivity contribution >= 4 is 23.7 Å². The lowest BCUT2D eigenvalue weighted by molar-refractivity contribution is -0.137.